The third-order valence-corrected chi connectivity index (χ3v) is 6.62. The van der Waals surface area contributed by atoms with Gasteiger partial charge in [0.05, 0.1) is 34.4 Å². The maximum atomic E-state index is 12.9. The quantitative estimate of drug-likeness (QED) is 0.571. The summed E-state index contributed by atoms with van der Waals surface area (Å²) in [5.41, 5.74) is 0.349. The highest BCUT2D eigenvalue weighted by atomic mass is 79.9. The number of carbonyl (C=O) groups excluding carboxylic acids is 1. The van der Waals surface area contributed by atoms with Crippen molar-refractivity contribution in [1.29, 1.82) is 0 Å². The Kier molecular flexibility index (Phi) is 8.44. The number of aliphatic hydroxyl groups is 1. The molecule has 2 aliphatic rings. The normalized spacial score (nSPS) is 22.2. The van der Waals surface area contributed by atoms with Crippen LogP contribution in [0.3, 0.4) is 0 Å². The molecule has 2 N–H and O–H groups in total. The molecule has 1 amide bonds. The van der Waals surface area contributed by atoms with Crippen molar-refractivity contribution in [2.75, 3.05) is 53.1 Å². The highest BCUT2D eigenvalue weighted by Gasteiger charge is 2.29. The van der Waals surface area contributed by atoms with Crippen LogP contribution in [0.15, 0.2) is 10.5 Å². The van der Waals surface area contributed by atoms with Gasteiger partial charge in [0.15, 0.2) is 11.5 Å². The predicted octanol–water partition coefficient (Wildman–Crippen LogP) is 2.71. The second kappa shape index (κ2) is 10.8. The molecule has 0 aromatic heterocycles. The van der Waals surface area contributed by atoms with Gasteiger partial charge in [-0.05, 0) is 41.4 Å². The number of amides is 1. The lowest BCUT2D eigenvalue weighted by Gasteiger charge is -2.36. The first-order valence-electron chi connectivity index (χ1n) is 9.96. The maximum absolute atomic E-state index is 12.9. The molecule has 3 rings (SSSR count). The van der Waals surface area contributed by atoms with Crippen molar-refractivity contribution in [2.45, 2.75) is 25.4 Å². The number of methoxy groups -OCH3 is 1. The number of hydrogen-bond donors (Lipinski definition) is 2. The molecule has 2 aliphatic heterocycles. The number of aliphatic hydroxyl groups excluding tert-OH is 1. The Morgan fingerprint density at radius 1 is 1.41 bits per heavy atom. The van der Waals surface area contributed by atoms with Gasteiger partial charge in [-0.2, -0.15) is 0 Å². The molecule has 0 aliphatic carbocycles. The Bertz CT molecular complexity index is 721. The van der Waals surface area contributed by atoms with E-state index in [-0.39, 0.29) is 11.8 Å². The summed E-state index contributed by atoms with van der Waals surface area (Å²) >= 11 is 9.68. The highest BCUT2D eigenvalue weighted by molar-refractivity contribution is 9.10. The predicted molar refractivity (Wildman–Crippen MR) is 114 cm³/mol. The number of rotatable bonds is 7. The van der Waals surface area contributed by atoms with Crippen LogP contribution in [0.2, 0.25) is 5.02 Å². The summed E-state index contributed by atoms with van der Waals surface area (Å²) in [6.07, 6.45) is 2.03. The van der Waals surface area contributed by atoms with Gasteiger partial charge < -0.3 is 29.5 Å². The molecule has 0 saturated carbocycles. The number of fused-ring (bicyclic) bond motifs is 1. The van der Waals surface area contributed by atoms with Crippen LogP contribution in [-0.4, -0.2) is 75.1 Å². The molecule has 9 heteroatoms. The number of ether oxygens (including phenoxy) is 3. The minimum Gasteiger partial charge on any atom is -0.489 e. The van der Waals surface area contributed by atoms with Gasteiger partial charge >= 0.3 is 0 Å². The average molecular weight is 492 g/mol. The Labute approximate surface area is 184 Å². The summed E-state index contributed by atoms with van der Waals surface area (Å²) in [5.74, 6) is 0.601. The molecule has 0 unspecified atom stereocenters. The van der Waals surface area contributed by atoms with Crippen molar-refractivity contribution < 1.29 is 24.1 Å². The number of piperidine rings is 1. The number of likely N-dealkylation sites (tertiary alicyclic amines) is 1. The lowest BCUT2D eigenvalue weighted by atomic mass is 9.93. The van der Waals surface area contributed by atoms with Gasteiger partial charge in [-0.15, -0.1) is 0 Å². The van der Waals surface area contributed by atoms with Gasteiger partial charge in [0, 0.05) is 45.7 Å². The van der Waals surface area contributed by atoms with Crippen LogP contribution in [-0.2, 0) is 4.74 Å². The summed E-state index contributed by atoms with van der Waals surface area (Å²) in [5, 5.41) is 13.8. The van der Waals surface area contributed by atoms with Crippen LogP contribution in [0.25, 0.3) is 0 Å². The molecule has 2 atom stereocenters. The van der Waals surface area contributed by atoms with Crippen molar-refractivity contribution in [1.82, 2.24) is 10.2 Å². The highest BCUT2D eigenvalue weighted by Crippen LogP contribution is 2.44. The van der Waals surface area contributed by atoms with Gasteiger partial charge in [0.25, 0.3) is 5.91 Å². The first-order chi connectivity index (χ1) is 14.0. The fourth-order valence-electron chi connectivity index (χ4n) is 3.67. The van der Waals surface area contributed by atoms with Gasteiger partial charge in [-0.3, -0.25) is 4.79 Å². The largest absolute Gasteiger partial charge is 0.489 e. The number of halogens is 2. The zero-order valence-electron chi connectivity index (χ0n) is 16.6. The number of hydrogen-bond acceptors (Lipinski definition) is 6. The molecule has 1 fully saturated rings. The molecular formula is C20H28BrClN2O5. The minimum absolute atomic E-state index is 0.0133. The monoisotopic (exact) mass is 490 g/mol. The van der Waals surface area contributed by atoms with Crippen LogP contribution >= 0.6 is 27.5 Å². The first-order valence-corrected chi connectivity index (χ1v) is 11.1. The maximum Gasteiger partial charge on any atom is 0.255 e. The summed E-state index contributed by atoms with van der Waals surface area (Å²) in [6.45, 7) is 4.51. The van der Waals surface area contributed by atoms with Crippen LogP contribution in [0.1, 0.15) is 29.6 Å². The van der Waals surface area contributed by atoms with Crippen LogP contribution in [0.5, 0.6) is 11.5 Å². The molecule has 1 aromatic rings. The zero-order chi connectivity index (χ0) is 20.8. The van der Waals surface area contributed by atoms with Crippen LogP contribution in [0.4, 0.5) is 0 Å². The Morgan fingerprint density at radius 2 is 2.17 bits per heavy atom. The van der Waals surface area contributed by atoms with E-state index in [0.717, 1.165) is 39.0 Å². The van der Waals surface area contributed by atoms with Gasteiger partial charge in [0.2, 0.25) is 0 Å². The molecule has 7 nitrogen and oxygen atoms in total. The van der Waals surface area contributed by atoms with E-state index in [1.54, 1.807) is 13.2 Å². The van der Waals surface area contributed by atoms with Gasteiger partial charge in [-0.1, -0.05) is 11.6 Å². The summed E-state index contributed by atoms with van der Waals surface area (Å²) in [4.78, 5) is 15.1. The van der Waals surface area contributed by atoms with E-state index < -0.39 is 6.10 Å². The van der Waals surface area contributed by atoms with E-state index in [1.165, 1.54) is 0 Å². The Morgan fingerprint density at radius 3 is 2.90 bits per heavy atom. The smallest absolute Gasteiger partial charge is 0.255 e. The molecule has 162 valence electrons. The van der Waals surface area contributed by atoms with Gasteiger partial charge in [0.1, 0.15) is 0 Å². The van der Waals surface area contributed by atoms with E-state index in [4.69, 9.17) is 25.8 Å². The molecule has 1 aromatic carbocycles. The fraction of sp³-hybridized carbons (Fsp3) is 0.650. The third kappa shape index (κ3) is 5.76. The molecule has 1 saturated heterocycles. The zero-order valence-corrected chi connectivity index (χ0v) is 18.9. The van der Waals surface area contributed by atoms with Gasteiger partial charge in [-0.25, -0.2) is 0 Å². The number of carbonyl (C=O) groups is 1. The summed E-state index contributed by atoms with van der Waals surface area (Å²) in [6, 6.07) is 1.59. The molecule has 2 heterocycles. The number of nitrogens with zero attached hydrogens (tertiary/aromatic N) is 1. The number of β-amino-alcohol motifs (C(OH)–C–C–N with tert-alkyl or cyclic N) is 1. The van der Waals surface area contributed by atoms with Crippen molar-refractivity contribution >= 4 is 33.4 Å². The van der Waals surface area contributed by atoms with Crippen molar-refractivity contribution in [3.05, 3.63) is 21.1 Å². The number of benzene rings is 1. The Hall–Kier alpha value is -1.06. The third-order valence-electron chi connectivity index (χ3n) is 5.31. The lowest BCUT2D eigenvalue weighted by Crippen LogP contribution is -2.48. The Balaban J connectivity index is 1.60. The topological polar surface area (TPSA) is 80.3 Å². The molecule has 29 heavy (non-hydrogen) atoms. The lowest BCUT2D eigenvalue weighted by molar-refractivity contribution is 0.0192. The van der Waals surface area contributed by atoms with E-state index in [2.05, 4.69) is 26.1 Å². The molecule has 0 radical (unpaired) electrons. The summed E-state index contributed by atoms with van der Waals surface area (Å²) < 4.78 is 17.2. The minimum atomic E-state index is -0.475. The van der Waals surface area contributed by atoms with E-state index in [0.29, 0.717) is 52.9 Å². The van der Waals surface area contributed by atoms with E-state index >= 15 is 0 Å². The molecule has 0 bridgehead atoms. The second-order valence-electron chi connectivity index (χ2n) is 7.40. The summed E-state index contributed by atoms with van der Waals surface area (Å²) in [7, 11) is 1.69. The SMILES string of the molecule is COCCCN1CC[C@@H](CNC(=O)c2cc(Cl)c(Br)c3c2OCCCO3)[C@H](O)C1. The first kappa shape index (κ1) is 22.6. The molecular weight excluding hydrogens is 464 g/mol. The van der Waals surface area contributed by atoms with Crippen molar-refractivity contribution in [3.8, 4) is 11.5 Å². The van der Waals surface area contributed by atoms with Crippen molar-refractivity contribution in [2.24, 2.45) is 5.92 Å². The van der Waals surface area contributed by atoms with Crippen molar-refractivity contribution in [3.63, 3.8) is 0 Å². The fourth-order valence-corrected chi connectivity index (χ4v) is 4.28. The molecule has 0 spiro atoms. The van der Waals surface area contributed by atoms with Crippen LogP contribution < -0.4 is 14.8 Å². The van der Waals surface area contributed by atoms with E-state index in [1.807, 2.05) is 0 Å². The standard InChI is InChI=1S/C20H28BrClN2O5/c1-27-7-2-5-24-6-4-13(16(25)12-24)11-23-20(26)14-10-15(22)17(21)19-18(14)28-8-3-9-29-19/h10,13,16,25H,2-9,11-12H2,1H3,(H,23,26)/t13-,16+/m0/s1. The van der Waals surface area contributed by atoms with E-state index in [9.17, 15) is 9.90 Å². The second-order valence-corrected chi connectivity index (χ2v) is 8.60. The van der Waals surface area contributed by atoms with Crippen LogP contribution in [0, 0.1) is 5.92 Å². The average Bonchev–Trinajstić information content (AvgIpc) is 2.96. The number of nitrogens with one attached hydrogen (secondary N) is 1.